The SMILES string of the molecule is CN1C(=O)C2(C(C#N)=C(N)N(c3ccc(Br)cc3F)C3=C2C(=O)CCC3)c2ccccc21. The van der Waals surface area contributed by atoms with Crippen molar-refractivity contribution < 1.29 is 14.0 Å². The summed E-state index contributed by atoms with van der Waals surface area (Å²) in [6.45, 7) is 0. The smallest absolute Gasteiger partial charge is 0.247 e. The molecule has 5 rings (SSSR count). The number of nitriles is 1. The number of nitrogens with two attached hydrogens (primary N) is 1. The molecular formula is C24H18BrFN4O2. The fraction of sp³-hybridized carbons (Fsp3) is 0.208. The Morgan fingerprint density at radius 3 is 2.62 bits per heavy atom. The molecule has 2 aromatic rings. The van der Waals surface area contributed by atoms with Crippen molar-refractivity contribution in [3.8, 4) is 6.07 Å². The van der Waals surface area contributed by atoms with Gasteiger partial charge in [0, 0.05) is 40.5 Å². The third kappa shape index (κ3) is 2.43. The highest BCUT2D eigenvalue weighted by Crippen LogP contribution is 2.56. The first-order valence-corrected chi connectivity index (χ1v) is 10.9. The number of carbonyl (C=O) groups excluding carboxylic acids is 2. The molecule has 1 spiro atoms. The Labute approximate surface area is 192 Å². The summed E-state index contributed by atoms with van der Waals surface area (Å²) in [5, 5.41) is 10.3. The molecule has 0 fully saturated rings. The predicted octanol–water partition coefficient (Wildman–Crippen LogP) is 4.02. The van der Waals surface area contributed by atoms with Crippen LogP contribution in [0.15, 0.2) is 69.6 Å². The van der Waals surface area contributed by atoms with Crippen LogP contribution in [0, 0.1) is 17.1 Å². The summed E-state index contributed by atoms with van der Waals surface area (Å²) in [7, 11) is 1.62. The van der Waals surface area contributed by atoms with Crippen molar-refractivity contribution >= 4 is 39.0 Å². The third-order valence-electron chi connectivity index (χ3n) is 6.46. The molecule has 2 heterocycles. The quantitative estimate of drug-likeness (QED) is 0.648. The number of para-hydroxylation sites is 1. The second kappa shape index (κ2) is 7.04. The summed E-state index contributed by atoms with van der Waals surface area (Å²) in [5.74, 6) is -1.24. The lowest BCUT2D eigenvalue weighted by molar-refractivity contribution is -0.124. The van der Waals surface area contributed by atoms with Gasteiger partial charge in [0.05, 0.1) is 11.3 Å². The van der Waals surface area contributed by atoms with E-state index in [9.17, 15) is 14.9 Å². The van der Waals surface area contributed by atoms with E-state index in [-0.39, 0.29) is 34.9 Å². The van der Waals surface area contributed by atoms with Crippen LogP contribution < -0.4 is 15.5 Å². The third-order valence-corrected chi connectivity index (χ3v) is 6.95. The fourth-order valence-corrected chi connectivity index (χ4v) is 5.51. The molecule has 1 amide bonds. The number of allylic oxidation sites excluding steroid dienone is 1. The number of amides is 1. The number of likely N-dealkylation sites (N-methyl/N-ethyl adjacent to an activating group) is 1. The van der Waals surface area contributed by atoms with E-state index in [1.54, 1.807) is 43.4 Å². The molecule has 3 aliphatic rings. The molecule has 8 heteroatoms. The largest absolute Gasteiger partial charge is 0.384 e. The van der Waals surface area contributed by atoms with Crippen molar-refractivity contribution in [3.05, 3.63) is 81.0 Å². The monoisotopic (exact) mass is 492 g/mol. The number of benzene rings is 2. The Morgan fingerprint density at radius 1 is 1.16 bits per heavy atom. The molecule has 1 unspecified atom stereocenters. The van der Waals surface area contributed by atoms with Gasteiger partial charge < -0.3 is 10.6 Å². The molecule has 0 bridgehead atoms. The summed E-state index contributed by atoms with van der Waals surface area (Å²) < 4.78 is 15.6. The lowest BCUT2D eigenvalue weighted by Gasteiger charge is -2.43. The van der Waals surface area contributed by atoms with E-state index in [1.807, 2.05) is 0 Å². The summed E-state index contributed by atoms with van der Waals surface area (Å²) in [4.78, 5) is 30.1. The zero-order chi connectivity index (χ0) is 22.8. The van der Waals surface area contributed by atoms with Crippen LogP contribution in [-0.2, 0) is 15.0 Å². The van der Waals surface area contributed by atoms with Crippen molar-refractivity contribution in [1.82, 2.24) is 0 Å². The van der Waals surface area contributed by atoms with Crippen LogP contribution in [0.1, 0.15) is 24.8 Å². The van der Waals surface area contributed by atoms with Gasteiger partial charge in [0.25, 0.3) is 0 Å². The number of rotatable bonds is 1. The number of fused-ring (bicyclic) bond motifs is 3. The first-order chi connectivity index (χ1) is 15.3. The van der Waals surface area contributed by atoms with Crippen molar-refractivity contribution in [2.24, 2.45) is 5.73 Å². The van der Waals surface area contributed by atoms with Crippen LogP contribution in [-0.4, -0.2) is 18.7 Å². The van der Waals surface area contributed by atoms with E-state index < -0.39 is 17.1 Å². The molecule has 160 valence electrons. The van der Waals surface area contributed by atoms with Crippen LogP contribution in [0.3, 0.4) is 0 Å². The highest BCUT2D eigenvalue weighted by molar-refractivity contribution is 9.10. The average molecular weight is 493 g/mol. The molecule has 6 nitrogen and oxygen atoms in total. The molecule has 32 heavy (non-hydrogen) atoms. The zero-order valence-corrected chi connectivity index (χ0v) is 18.7. The number of hydrogen-bond donors (Lipinski definition) is 1. The molecule has 2 N–H and O–H groups in total. The molecule has 2 aromatic carbocycles. The highest BCUT2D eigenvalue weighted by Gasteiger charge is 2.61. The van der Waals surface area contributed by atoms with Gasteiger partial charge in [0.1, 0.15) is 23.1 Å². The molecular weight excluding hydrogens is 475 g/mol. The minimum Gasteiger partial charge on any atom is -0.384 e. The molecule has 1 aliphatic carbocycles. The van der Waals surface area contributed by atoms with E-state index in [2.05, 4.69) is 22.0 Å². The van der Waals surface area contributed by atoms with Gasteiger partial charge in [-0.05, 0) is 37.1 Å². The molecule has 2 aliphatic heterocycles. The summed E-state index contributed by atoms with van der Waals surface area (Å²) in [5.41, 5.74) is 6.83. The van der Waals surface area contributed by atoms with E-state index in [0.29, 0.717) is 34.3 Å². The summed E-state index contributed by atoms with van der Waals surface area (Å²) in [6.07, 6.45) is 1.22. The number of Topliss-reactive ketones (excluding diaryl/α,β-unsaturated/α-hetero) is 1. The maximum atomic E-state index is 15.0. The van der Waals surface area contributed by atoms with Crippen molar-refractivity contribution in [2.45, 2.75) is 24.7 Å². The number of halogens is 2. The first-order valence-electron chi connectivity index (χ1n) is 10.1. The Bertz CT molecular complexity index is 1330. The second-order valence-corrected chi connectivity index (χ2v) is 8.95. The van der Waals surface area contributed by atoms with Crippen LogP contribution in [0.25, 0.3) is 0 Å². The molecule has 0 saturated carbocycles. The number of ketones is 1. The normalized spacial score (nSPS) is 22.4. The lowest BCUT2D eigenvalue weighted by Crippen LogP contribution is -2.52. The highest BCUT2D eigenvalue weighted by atomic mass is 79.9. The van der Waals surface area contributed by atoms with Gasteiger partial charge in [-0.25, -0.2) is 4.39 Å². The van der Waals surface area contributed by atoms with Gasteiger partial charge in [-0.2, -0.15) is 5.26 Å². The van der Waals surface area contributed by atoms with Crippen LogP contribution in [0.2, 0.25) is 0 Å². The van der Waals surface area contributed by atoms with Gasteiger partial charge >= 0.3 is 0 Å². The Balaban J connectivity index is 1.91. The number of nitrogens with zero attached hydrogens (tertiary/aromatic N) is 3. The Kier molecular flexibility index (Phi) is 4.50. The fourth-order valence-electron chi connectivity index (χ4n) is 5.17. The Morgan fingerprint density at radius 2 is 1.91 bits per heavy atom. The van der Waals surface area contributed by atoms with Crippen molar-refractivity contribution in [2.75, 3.05) is 16.8 Å². The van der Waals surface area contributed by atoms with Crippen LogP contribution in [0.4, 0.5) is 15.8 Å². The second-order valence-electron chi connectivity index (χ2n) is 8.03. The van der Waals surface area contributed by atoms with Gasteiger partial charge in [0.2, 0.25) is 5.91 Å². The maximum absolute atomic E-state index is 15.0. The Hall–Kier alpha value is -3.44. The van der Waals surface area contributed by atoms with Crippen molar-refractivity contribution in [3.63, 3.8) is 0 Å². The molecule has 0 radical (unpaired) electrons. The van der Waals surface area contributed by atoms with Crippen LogP contribution in [0.5, 0.6) is 0 Å². The molecule has 0 aromatic heterocycles. The van der Waals surface area contributed by atoms with E-state index in [0.717, 1.165) is 0 Å². The lowest BCUT2D eigenvalue weighted by atomic mass is 9.64. The minimum atomic E-state index is -1.63. The van der Waals surface area contributed by atoms with E-state index >= 15 is 4.39 Å². The minimum absolute atomic E-state index is 0.0411. The number of carbonyl (C=O) groups is 2. The number of anilines is 2. The maximum Gasteiger partial charge on any atom is 0.247 e. The van der Waals surface area contributed by atoms with Crippen molar-refractivity contribution in [1.29, 1.82) is 5.26 Å². The van der Waals surface area contributed by atoms with Gasteiger partial charge in [-0.1, -0.05) is 34.1 Å². The number of hydrogen-bond acceptors (Lipinski definition) is 5. The van der Waals surface area contributed by atoms with E-state index in [1.165, 1.54) is 15.9 Å². The van der Waals surface area contributed by atoms with E-state index in [4.69, 9.17) is 5.73 Å². The van der Waals surface area contributed by atoms with Gasteiger partial charge in [-0.3, -0.25) is 14.5 Å². The topological polar surface area (TPSA) is 90.4 Å². The summed E-state index contributed by atoms with van der Waals surface area (Å²) >= 11 is 3.25. The zero-order valence-electron chi connectivity index (χ0n) is 17.2. The first kappa shape index (κ1) is 20.5. The molecule has 1 atom stereocenters. The predicted molar refractivity (Wildman–Crippen MR) is 121 cm³/mol. The van der Waals surface area contributed by atoms with Gasteiger partial charge in [-0.15, -0.1) is 0 Å². The average Bonchev–Trinajstić information content (AvgIpc) is 2.98. The standard InChI is InChI=1S/C24H18BrFN4O2/c1-29-17-6-3-2-5-14(17)24(23(29)32)15(12-27)22(28)30(18-10-9-13(25)11-16(18)26)19-7-4-8-20(31)21(19)24/h2-3,5-6,9-11H,4,7-8,28H2,1H3. The van der Waals surface area contributed by atoms with Gasteiger partial charge in [0.15, 0.2) is 5.78 Å². The van der Waals surface area contributed by atoms with Crippen LogP contribution >= 0.6 is 15.9 Å². The molecule has 0 saturated heterocycles. The summed E-state index contributed by atoms with van der Waals surface area (Å²) in [6, 6.07) is 13.7.